The van der Waals surface area contributed by atoms with Crippen LogP contribution < -0.4 is 10.9 Å². The zero-order valence-corrected chi connectivity index (χ0v) is 18.8. The summed E-state index contributed by atoms with van der Waals surface area (Å²) in [6.07, 6.45) is 0.251. The maximum Gasteiger partial charge on any atom is 0.267 e. The second-order valence-electron chi connectivity index (χ2n) is 7.53. The summed E-state index contributed by atoms with van der Waals surface area (Å²) in [6, 6.07) is 16.7. The van der Waals surface area contributed by atoms with Crippen LogP contribution in [0.15, 0.2) is 69.1 Å². The molecule has 1 N–H and O–H groups in total. The number of rotatable bonds is 6. The number of hydrogen-bond donors (Lipinski definition) is 1. The van der Waals surface area contributed by atoms with E-state index in [9.17, 15) is 9.59 Å². The molecule has 0 saturated carbocycles. The number of hydrogen-bond acceptors (Lipinski definition) is 7. The minimum atomic E-state index is -0.175. The average molecular weight is 461 g/mol. The maximum atomic E-state index is 13.4. The monoisotopic (exact) mass is 460 g/mol. The van der Waals surface area contributed by atoms with Crippen molar-refractivity contribution in [2.24, 2.45) is 0 Å². The van der Waals surface area contributed by atoms with Crippen molar-refractivity contribution in [2.75, 3.05) is 11.1 Å². The molecule has 0 aliphatic carbocycles. The summed E-state index contributed by atoms with van der Waals surface area (Å²) < 4.78 is 8.42. The lowest BCUT2D eigenvalue weighted by atomic mass is 10.2. The number of thioether (sulfide) groups is 1. The van der Waals surface area contributed by atoms with Gasteiger partial charge in [0.05, 0.1) is 16.6 Å². The van der Waals surface area contributed by atoms with Gasteiger partial charge in [-0.25, -0.2) is 4.57 Å². The van der Waals surface area contributed by atoms with Gasteiger partial charge in [-0.05, 0) is 37.6 Å². The van der Waals surface area contributed by atoms with Crippen LogP contribution in [0.1, 0.15) is 17.7 Å². The van der Waals surface area contributed by atoms with Crippen LogP contribution in [0, 0.1) is 13.8 Å². The van der Waals surface area contributed by atoms with Crippen molar-refractivity contribution in [3.8, 4) is 5.69 Å². The number of nitrogens with zero attached hydrogens (tertiary/aromatic N) is 5. The van der Waals surface area contributed by atoms with Crippen LogP contribution in [0.4, 0.5) is 5.82 Å². The molecule has 0 aliphatic rings. The highest BCUT2D eigenvalue weighted by atomic mass is 32.2. The van der Waals surface area contributed by atoms with Crippen LogP contribution in [0.5, 0.6) is 0 Å². The van der Waals surface area contributed by atoms with E-state index in [0.717, 1.165) is 16.8 Å². The first-order valence-corrected chi connectivity index (χ1v) is 11.3. The highest BCUT2D eigenvalue weighted by Crippen LogP contribution is 2.24. The molecule has 33 heavy (non-hydrogen) atoms. The second-order valence-corrected chi connectivity index (χ2v) is 8.59. The van der Waals surface area contributed by atoms with Crippen LogP contribution in [0.2, 0.25) is 0 Å². The number of carbonyl (C=O) groups excluding carboxylic acids is 1. The van der Waals surface area contributed by atoms with E-state index in [0.29, 0.717) is 33.7 Å². The van der Waals surface area contributed by atoms with Crippen LogP contribution in [-0.2, 0) is 4.79 Å². The van der Waals surface area contributed by atoms with Crippen LogP contribution in [0.25, 0.3) is 22.4 Å². The molecule has 10 heteroatoms. The van der Waals surface area contributed by atoms with E-state index in [1.54, 1.807) is 23.6 Å². The molecule has 3 heterocycles. The average Bonchev–Trinajstić information content (AvgIpc) is 3.41. The van der Waals surface area contributed by atoms with Crippen molar-refractivity contribution in [3.63, 3.8) is 0 Å². The van der Waals surface area contributed by atoms with E-state index >= 15 is 0 Å². The lowest BCUT2D eigenvalue weighted by molar-refractivity contribution is -0.115. The number of carbonyl (C=O) groups is 1. The third kappa shape index (κ3) is 3.89. The summed E-state index contributed by atoms with van der Waals surface area (Å²) in [5.41, 5.74) is 2.27. The number of anilines is 1. The van der Waals surface area contributed by atoms with Crippen LogP contribution in [0.3, 0.4) is 0 Å². The molecule has 5 aromatic rings. The number of amides is 1. The fourth-order valence-corrected chi connectivity index (χ4v) is 4.55. The Kier molecular flexibility index (Phi) is 5.43. The lowest BCUT2D eigenvalue weighted by Crippen LogP contribution is -2.22. The highest BCUT2D eigenvalue weighted by molar-refractivity contribution is 7.99. The summed E-state index contributed by atoms with van der Waals surface area (Å²) in [4.78, 5) is 25.6. The molecule has 0 bridgehead atoms. The Morgan fingerprint density at radius 2 is 1.88 bits per heavy atom. The third-order valence-electron chi connectivity index (χ3n) is 5.21. The standard InChI is InChI=1S/C23H20N6O3S/c1-14-7-3-5-9-17(14)28-21(31)16-8-4-6-10-18(16)29-22(28)25-26-23(29)33-12-11-20(30)24-19-13-15(2)32-27-19/h3-10,13H,11-12H2,1-2H3,(H,24,27,30). The van der Waals surface area contributed by atoms with Gasteiger partial charge in [-0.15, -0.1) is 10.2 Å². The summed E-state index contributed by atoms with van der Waals surface area (Å²) in [6.45, 7) is 3.71. The van der Waals surface area contributed by atoms with Gasteiger partial charge < -0.3 is 9.84 Å². The van der Waals surface area contributed by atoms with Gasteiger partial charge in [0.25, 0.3) is 5.56 Å². The van der Waals surface area contributed by atoms with Gasteiger partial charge in [0, 0.05) is 18.2 Å². The number of para-hydroxylation sites is 2. The Hall–Kier alpha value is -3.92. The number of fused-ring (bicyclic) bond motifs is 3. The van der Waals surface area contributed by atoms with Crippen molar-refractivity contribution in [1.82, 2.24) is 24.3 Å². The topological polar surface area (TPSA) is 107 Å². The molecule has 0 fully saturated rings. The Morgan fingerprint density at radius 1 is 1.09 bits per heavy atom. The molecule has 0 saturated heterocycles. The fraction of sp³-hybridized carbons (Fsp3) is 0.174. The molecule has 1 amide bonds. The molecule has 0 atom stereocenters. The Bertz CT molecular complexity index is 1550. The minimum absolute atomic E-state index is 0.154. The molecule has 166 valence electrons. The smallest absolute Gasteiger partial charge is 0.267 e. The molecule has 0 radical (unpaired) electrons. The van der Waals surface area contributed by atoms with Gasteiger partial charge in [-0.3, -0.25) is 14.0 Å². The van der Waals surface area contributed by atoms with Crippen molar-refractivity contribution < 1.29 is 9.32 Å². The highest BCUT2D eigenvalue weighted by Gasteiger charge is 2.19. The van der Waals surface area contributed by atoms with E-state index < -0.39 is 0 Å². The summed E-state index contributed by atoms with van der Waals surface area (Å²) in [7, 11) is 0. The predicted molar refractivity (Wildman–Crippen MR) is 126 cm³/mol. The van der Waals surface area contributed by atoms with E-state index in [-0.39, 0.29) is 17.9 Å². The first-order chi connectivity index (χ1) is 16.0. The van der Waals surface area contributed by atoms with Crippen molar-refractivity contribution >= 4 is 40.2 Å². The molecular weight excluding hydrogens is 440 g/mol. The Labute approximate surface area is 192 Å². The molecule has 2 aromatic carbocycles. The first-order valence-electron chi connectivity index (χ1n) is 10.3. The van der Waals surface area contributed by atoms with Gasteiger partial charge in [0.2, 0.25) is 11.7 Å². The van der Waals surface area contributed by atoms with E-state index in [1.807, 2.05) is 53.8 Å². The molecule has 0 aliphatic heterocycles. The largest absolute Gasteiger partial charge is 0.360 e. The number of aryl methyl sites for hydroxylation is 2. The Balaban J connectivity index is 1.50. The number of aromatic nitrogens is 5. The van der Waals surface area contributed by atoms with Crippen molar-refractivity contribution in [3.05, 3.63) is 76.3 Å². The van der Waals surface area contributed by atoms with Gasteiger partial charge in [0.15, 0.2) is 11.0 Å². The fourth-order valence-electron chi connectivity index (χ4n) is 3.67. The van der Waals surface area contributed by atoms with Gasteiger partial charge >= 0.3 is 0 Å². The maximum absolute atomic E-state index is 13.4. The molecule has 3 aromatic heterocycles. The molecule has 0 spiro atoms. The third-order valence-corrected chi connectivity index (χ3v) is 6.14. The van der Waals surface area contributed by atoms with E-state index in [2.05, 4.69) is 20.7 Å². The molecule has 9 nitrogen and oxygen atoms in total. The molecule has 0 unspecified atom stereocenters. The van der Waals surface area contributed by atoms with E-state index in [1.165, 1.54) is 11.8 Å². The number of benzene rings is 2. The zero-order valence-electron chi connectivity index (χ0n) is 18.0. The first kappa shape index (κ1) is 21.0. The Morgan fingerprint density at radius 3 is 2.67 bits per heavy atom. The normalized spacial score (nSPS) is 11.3. The minimum Gasteiger partial charge on any atom is -0.360 e. The quantitative estimate of drug-likeness (QED) is 0.385. The van der Waals surface area contributed by atoms with Gasteiger partial charge in [0.1, 0.15) is 5.76 Å². The lowest BCUT2D eigenvalue weighted by Gasteiger charge is -2.13. The van der Waals surface area contributed by atoms with Crippen molar-refractivity contribution in [2.45, 2.75) is 25.4 Å². The summed E-state index contributed by atoms with van der Waals surface area (Å²) in [5.74, 6) is 1.75. The van der Waals surface area contributed by atoms with Gasteiger partial charge in [-0.2, -0.15) is 0 Å². The predicted octanol–water partition coefficient (Wildman–Crippen LogP) is 3.76. The SMILES string of the molecule is Cc1cc(NC(=O)CCSc2nnc3n(-c4ccccc4C)c(=O)c4ccccc4n23)no1. The van der Waals surface area contributed by atoms with Crippen LogP contribution in [-0.4, -0.2) is 36.0 Å². The van der Waals surface area contributed by atoms with E-state index in [4.69, 9.17) is 4.52 Å². The van der Waals surface area contributed by atoms with Gasteiger partial charge in [-0.1, -0.05) is 47.3 Å². The summed E-state index contributed by atoms with van der Waals surface area (Å²) in [5, 5.41) is 16.3. The molecule has 5 rings (SSSR count). The molecular formula is C23H20N6O3S. The van der Waals surface area contributed by atoms with Crippen molar-refractivity contribution in [1.29, 1.82) is 0 Å². The second kappa shape index (κ2) is 8.55. The number of nitrogens with one attached hydrogen (secondary N) is 1. The zero-order chi connectivity index (χ0) is 22.9. The van der Waals surface area contributed by atoms with Crippen LogP contribution >= 0.6 is 11.8 Å². The summed E-state index contributed by atoms with van der Waals surface area (Å²) >= 11 is 1.40.